The Morgan fingerprint density at radius 1 is 1.31 bits per heavy atom. The lowest BCUT2D eigenvalue weighted by Gasteiger charge is -2.06. The van der Waals surface area contributed by atoms with Crippen molar-refractivity contribution in [1.29, 1.82) is 0 Å². The molecule has 0 atom stereocenters. The van der Waals surface area contributed by atoms with E-state index in [0.29, 0.717) is 0 Å². The zero-order valence-corrected chi connectivity index (χ0v) is 11.3. The molecule has 0 saturated carbocycles. The van der Waals surface area contributed by atoms with Crippen molar-refractivity contribution in [2.45, 2.75) is 26.7 Å². The van der Waals surface area contributed by atoms with Gasteiger partial charge in [-0.05, 0) is 56.0 Å². The molecule has 3 heteroatoms. The summed E-state index contributed by atoms with van der Waals surface area (Å²) in [6, 6.07) is 2.21. The van der Waals surface area contributed by atoms with E-state index in [1.54, 1.807) is 0 Å². The molecule has 0 aliphatic heterocycles. The Morgan fingerprint density at radius 2 is 2.06 bits per heavy atom. The van der Waals surface area contributed by atoms with Crippen LogP contribution in [-0.2, 0) is 6.42 Å². The number of aromatic amines is 1. The number of rotatable bonds is 3. The zero-order chi connectivity index (χ0) is 11.7. The topological polar surface area (TPSA) is 41.8 Å². The molecule has 0 unspecified atom stereocenters. The Balaban J connectivity index is 2.55. The van der Waals surface area contributed by atoms with E-state index in [2.05, 4.69) is 47.0 Å². The van der Waals surface area contributed by atoms with Gasteiger partial charge in [-0.3, -0.25) is 0 Å². The number of hydrogen-bond donors (Lipinski definition) is 2. The van der Waals surface area contributed by atoms with E-state index in [9.17, 15) is 0 Å². The molecule has 0 amide bonds. The summed E-state index contributed by atoms with van der Waals surface area (Å²) in [7, 11) is 0. The highest BCUT2D eigenvalue weighted by Gasteiger charge is 2.09. The number of H-pyrrole nitrogens is 1. The SMILES string of the molecule is Cc1c(Br)cc2c(CCCN)c[nH]c2c1C. The smallest absolute Gasteiger partial charge is 0.0489 e. The molecular weight excluding hydrogens is 264 g/mol. The van der Waals surface area contributed by atoms with Crippen LogP contribution < -0.4 is 5.73 Å². The minimum atomic E-state index is 0.749. The number of halogens is 1. The molecule has 3 N–H and O–H groups in total. The molecule has 0 radical (unpaired) electrons. The molecule has 0 bridgehead atoms. The van der Waals surface area contributed by atoms with Crippen LogP contribution in [0.3, 0.4) is 0 Å². The van der Waals surface area contributed by atoms with Crippen LogP contribution in [0.25, 0.3) is 10.9 Å². The highest BCUT2D eigenvalue weighted by molar-refractivity contribution is 9.10. The van der Waals surface area contributed by atoms with Gasteiger partial charge in [-0.2, -0.15) is 0 Å². The van der Waals surface area contributed by atoms with Crippen molar-refractivity contribution in [1.82, 2.24) is 4.98 Å². The number of hydrogen-bond acceptors (Lipinski definition) is 1. The molecule has 2 rings (SSSR count). The van der Waals surface area contributed by atoms with Gasteiger partial charge in [0.15, 0.2) is 0 Å². The molecule has 1 heterocycles. The predicted octanol–water partition coefficient (Wildman–Crippen LogP) is 3.44. The van der Waals surface area contributed by atoms with Gasteiger partial charge in [0.25, 0.3) is 0 Å². The normalized spacial score (nSPS) is 11.2. The van der Waals surface area contributed by atoms with Gasteiger partial charge in [-0.1, -0.05) is 15.9 Å². The van der Waals surface area contributed by atoms with Crippen molar-refractivity contribution in [3.8, 4) is 0 Å². The Morgan fingerprint density at radius 3 is 2.75 bits per heavy atom. The molecule has 1 aromatic carbocycles. The maximum Gasteiger partial charge on any atom is 0.0489 e. The van der Waals surface area contributed by atoms with Crippen LogP contribution in [0.2, 0.25) is 0 Å². The Kier molecular flexibility index (Phi) is 3.36. The van der Waals surface area contributed by atoms with E-state index in [0.717, 1.165) is 19.4 Å². The quantitative estimate of drug-likeness (QED) is 0.889. The van der Waals surface area contributed by atoms with Crippen molar-refractivity contribution in [2.75, 3.05) is 6.54 Å². The summed E-state index contributed by atoms with van der Waals surface area (Å²) in [4.78, 5) is 3.37. The fraction of sp³-hybridized carbons (Fsp3) is 0.385. The van der Waals surface area contributed by atoms with Gasteiger partial charge >= 0.3 is 0 Å². The van der Waals surface area contributed by atoms with Gasteiger partial charge in [0.05, 0.1) is 0 Å². The van der Waals surface area contributed by atoms with Crippen LogP contribution >= 0.6 is 15.9 Å². The number of aryl methyl sites for hydroxylation is 2. The minimum absolute atomic E-state index is 0.749. The molecular formula is C13H17BrN2. The standard InChI is InChI=1S/C13H17BrN2/c1-8-9(2)13-11(6-12(8)14)10(7-16-13)4-3-5-15/h6-7,16H,3-5,15H2,1-2H3. The third-order valence-corrected chi connectivity index (χ3v) is 4.05. The van der Waals surface area contributed by atoms with Gasteiger partial charge < -0.3 is 10.7 Å². The number of nitrogens with one attached hydrogen (secondary N) is 1. The van der Waals surface area contributed by atoms with Crippen molar-refractivity contribution >= 4 is 26.8 Å². The number of fused-ring (bicyclic) bond motifs is 1. The van der Waals surface area contributed by atoms with Gasteiger partial charge in [0.1, 0.15) is 0 Å². The van der Waals surface area contributed by atoms with Crippen LogP contribution in [-0.4, -0.2) is 11.5 Å². The lowest BCUT2D eigenvalue weighted by molar-refractivity contribution is 0.837. The largest absolute Gasteiger partial charge is 0.361 e. The highest BCUT2D eigenvalue weighted by Crippen LogP contribution is 2.30. The molecule has 0 aliphatic rings. The average Bonchev–Trinajstić information content (AvgIpc) is 2.66. The second-order valence-electron chi connectivity index (χ2n) is 4.24. The van der Waals surface area contributed by atoms with E-state index < -0.39 is 0 Å². The first-order chi connectivity index (χ1) is 7.65. The van der Waals surface area contributed by atoms with Crippen molar-refractivity contribution < 1.29 is 0 Å². The third kappa shape index (κ3) is 1.89. The molecule has 0 aliphatic carbocycles. The van der Waals surface area contributed by atoms with Gasteiger partial charge in [0.2, 0.25) is 0 Å². The maximum absolute atomic E-state index is 5.55. The predicted molar refractivity (Wildman–Crippen MR) is 72.8 cm³/mol. The van der Waals surface area contributed by atoms with E-state index in [1.807, 2.05) is 0 Å². The van der Waals surface area contributed by atoms with Crippen LogP contribution in [0.5, 0.6) is 0 Å². The highest BCUT2D eigenvalue weighted by atomic mass is 79.9. The van der Waals surface area contributed by atoms with Crippen molar-refractivity contribution in [3.63, 3.8) is 0 Å². The second kappa shape index (κ2) is 4.60. The summed E-state index contributed by atoms with van der Waals surface area (Å²) in [6.45, 7) is 5.05. The molecule has 0 spiro atoms. The first-order valence-electron chi connectivity index (χ1n) is 5.61. The summed E-state index contributed by atoms with van der Waals surface area (Å²) in [5.74, 6) is 0. The fourth-order valence-electron chi connectivity index (χ4n) is 2.05. The summed E-state index contributed by atoms with van der Waals surface area (Å²) in [5.41, 5.74) is 10.8. The fourth-order valence-corrected chi connectivity index (χ4v) is 2.58. The molecule has 16 heavy (non-hydrogen) atoms. The third-order valence-electron chi connectivity index (χ3n) is 3.22. The second-order valence-corrected chi connectivity index (χ2v) is 5.09. The molecule has 2 nitrogen and oxygen atoms in total. The van der Waals surface area contributed by atoms with Crippen LogP contribution in [0.4, 0.5) is 0 Å². The van der Waals surface area contributed by atoms with E-state index >= 15 is 0 Å². The summed E-state index contributed by atoms with van der Waals surface area (Å²) >= 11 is 3.62. The first kappa shape index (κ1) is 11.7. The Bertz CT molecular complexity index is 514. The molecule has 0 saturated heterocycles. The zero-order valence-electron chi connectivity index (χ0n) is 9.73. The minimum Gasteiger partial charge on any atom is -0.361 e. The van der Waals surface area contributed by atoms with Gasteiger partial charge in [0, 0.05) is 21.6 Å². The number of aromatic nitrogens is 1. The van der Waals surface area contributed by atoms with Crippen LogP contribution in [0.1, 0.15) is 23.1 Å². The van der Waals surface area contributed by atoms with E-state index in [-0.39, 0.29) is 0 Å². The summed E-state index contributed by atoms with van der Waals surface area (Å²) in [5, 5.41) is 1.32. The van der Waals surface area contributed by atoms with Crippen molar-refractivity contribution in [2.24, 2.45) is 5.73 Å². The number of benzene rings is 1. The average molecular weight is 281 g/mol. The Labute approximate surface area is 104 Å². The molecule has 1 aromatic heterocycles. The van der Waals surface area contributed by atoms with E-state index in [4.69, 9.17) is 5.73 Å². The lowest BCUT2D eigenvalue weighted by atomic mass is 10.0. The maximum atomic E-state index is 5.55. The molecule has 0 fully saturated rings. The van der Waals surface area contributed by atoms with Crippen LogP contribution in [0.15, 0.2) is 16.7 Å². The molecule has 86 valence electrons. The first-order valence-corrected chi connectivity index (χ1v) is 6.40. The van der Waals surface area contributed by atoms with Crippen molar-refractivity contribution in [3.05, 3.63) is 33.4 Å². The van der Waals surface area contributed by atoms with E-state index in [1.165, 1.54) is 32.1 Å². The van der Waals surface area contributed by atoms with Gasteiger partial charge in [-0.15, -0.1) is 0 Å². The van der Waals surface area contributed by atoms with Crippen LogP contribution in [0, 0.1) is 13.8 Å². The summed E-state index contributed by atoms with van der Waals surface area (Å²) < 4.78 is 1.19. The summed E-state index contributed by atoms with van der Waals surface area (Å²) in [6.07, 6.45) is 4.20. The molecule has 2 aromatic rings. The number of nitrogens with two attached hydrogens (primary N) is 1. The lowest BCUT2D eigenvalue weighted by Crippen LogP contribution is -1.99. The monoisotopic (exact) mass is 280 g/mol. The Hall–Kier alpha value is -0.800. The van der Waals surface area contributed by atoms with Gasteiger partial charge in [-0.25, -0.2) is 0 Å².